The Labute approximate surface area is 454 Å². The van der Waals surface area contributed by atoms with Gasteiger partial charge in [-0.1, -0.05) is 162 Å². The topological polar surface area (TPSA) is 207 Å². The molecule has 15 heteroatoms. The molecule has 2 heterocycles. The van der Waals surface area contributed by atoms with E-state index in [1.165, 1.54) is 6.42 Å². The van der Waals surface area contributed by atoms with Gasteiger partial charge in [-0.05, 0) is 39.5 Å². The molecule has 2 aliphatic rings. The van der Waals surface area contributed by atoms with Gasteiger partial charge in [-0.3, -0.25) is 0 Å². The second-order valence-corrected chi connectivity index (χ2v) is 5.32. The molecule has 0 spiro atoms. The average Bonchev–Trinajstić information content (AvgIpc) is 3.60. The van der Waals surface area contributed by atoms with Crippen molar-refractivity contribution in [2.45, 2.75) is 220 Å². The largest absolute Gasteiger partial charge is 0.397 e. The number of aliphatic hydroxyl groups excluding tert-OH is 7. The first-order valence-electron chi connectivity index (χ1n) is 10.1. The molecule has 54 heavy (non-hydrogen) atoms. The third kappa shape index (κ3) is 424. The molecule has 0 amide bonds. The molecule has 4 radical (unpaired) electrons. The summed E-state index contributed by atoms with van der Waals surface area (Å²) >= 11 is 0. The molecule has 2 saturated heterocycles. The predicted octanol–water partition coefficient (Wildman–Crippen LogP) is 11.3. The van der Waals surface area contributed by atoms with E-state index in [0.717, 1.165) is 26.1 Å². The molecule has 0 aromatic rings. The van der Waals surface area contributed by atoms with Crippen molar-refractivity contribution in [2.75, 3.05) is 53.2 Å². The van der Waals surface area contributed by atoms with Gasteiger partial charge in [0.15, 0.2) is 0 Å². The van der Waals surface area contributed by atoms with Crippen molar-refractivity contribution < 1.29 is 186 Å². The van der Waals surface area contributed by atoms with Crippen LogP contribution in [0.2, 0.25) is 0 Å². The monoisotopic (exact) mass is 1130 g/mol. The van der Waals surface area contributed by atoms with Crippen LogP contribution in [0.3, 0.4) is 0 Å². The summed E-state index contributed by atoms with van der Waals surface area (Å²) in [7, 11) is 0. The quantitative estimate of drug-likeness (QED) is 0.0903. The van der Waals surface area contributed by atoms with Crippen LogP contribution in [-0.2, 0) is 140 Å². The van der Waals surface area contributed by atoms with Crippen molar-refractivity contribution in [3.63, 3.8) is 0 Å². The predicted molar refractivity (Wildman–Crippen MR) is 248 cm³/mol. The Morgan fingerprint density at radius 3 is 0.648 bits per heavy atom. The SMILES string of the molecule is C.C.C.C.C.C.C.C.C.C.C.C.C.C.C.C.C.C.C.C.CCC(O)CCO.CCC1CO1.CCO.CCO.OCCC1CO1.OCO.OCO.[Y].[Y].[Y].[Y]. The van der Waals surface area contributed by atoms with Gasteiger partial charge < -0.3 is 55.4 Å². The maximum atomic E-state index is 8.70. The van der Waals surface area contributed by atoms with Crippen LogP contribution in [0.4, 0.5) is 0 Å². The molecule has 0 aromatic heterocycles. The molecule has 0 saturated carbocycles. The van der Waals surface area contributed by atoms with Crippen LogP contribution in [0.5, 0.6) is 0 Å². The fourth-order valence-electron chi connectivity index (χ4n) is 1.04. The minimum Gasteiger partial charge on any atom is -0.397 e. The summed E-state index contributed by atoms with van der Waals surface area (Å²) in [5.41, 5.74) is 0. The van der Waals surface area contributed by atoms with Gasteiger partial charge in [0, 0.05) is 157 Å². The van der Waals surface area contributed by atoms with Gasteiger partial charge in [-0.25, -0.2) is 0 Å². The molecule has 2 rings (SSSR count). The van der Waals surface area contributed by atoms with Crippen LogP contribution >= 0.6 is 0 Å². The van der Waals surface area contributed by atoms with Crippen molar-refractivity contribution in [2.24, 2.45) is 0 Å². The molecule has 362 valence electrons. The van der Waals surface area contributed by atoms with Crippen molar-refractivity contribution in [1.29, 1.82) is 0 Å². The van der Waals surface area contributed by atoms with Crippen molar-refractivity contribution in [3.05, 3.63) is 0 Å². The average molecular weight is 1130 g/mol. The Kier molecular flexibility index (Phi) is 1020. The molecule has 0 bridgehead atoms. The third-order valence-electron chi connectivity index (χ3n) is 2.64. The van der Waals surface area contributed by atoms with E-state index in [-0.39, 0.29) is 312 Å². The van der Waals surface area contributed by atoms with Crippen LogP contribution < -0.4 is 0 Å². The van der Waals surface area contributed by atoms with Crippen LogP contribution in [0.1, 0.15) is 202 Å². The van der Waals surface area contributed by atoms with E-state index < -0.39 is 13.6 Å². The summed E-state index contributed by atoms with van der Waals surface area (Å²) in [6.45, 7) is 8.62. The molecule has 3 atom stereocenters. The molecule has 9 N–H and O–H groups in total. The van der Waals surface area contributed by atoms with E-state index in [0.29, 0.717) is 18.6 Å². The summed E-state index contributed by atoms with van der Waals surface area (Å²) in [4.78, 5) is 0. The van der Waals surface area contributed by atoms with E-state index in [1.54, 1.807) is 13.8 Å². The number of epoxide rings is 2. The van der Waals surface area contributed by atoms with E-state index >= 15 is 0 Å². The Hall–Kier alpha value is 3.98. The van der Waals surface area contributed by atoms with Crippen molar-refractivity contribution >= 4 is 0 Å². The Bertz CT molecular complexity index is 251. The van der Waals surface area contributed by atoms with E-state index in [9.17, 15) is 0 Å². The second-order valence-electron chi connectivity index (χ2n) is 5.32. The van der Waals surface area contributed by atoms with Gasteiger partial charge in [0.2, 0.25) is 0 Å². The van der Waals surface area contributed by atoms with Crippen LogP contribution in [0.25, 0.3) is 0 Å². The summed E-state index contributed by atoms with van der Waals surface area (Å²) in [5.74, 6) is 0. The maximum Gasteiger partial charge on any atom is 0.140 e. The van der Waals surface area contributed by atoms with Crippen molar-refractivity contribution in [1.82, 2.24) is 0 Å². The summed E-state index contributed by atoms with van der Waals surface area (Å²) in [6, 6.07) is 0. The van der Waals surface area contributed by atoms with E-state index in [2.05, 4.69) is 6.92 Å². The van der Waals surface area contributed by atoms with Gasteiger partial charge in [-0.15, -0.1) is 0 Å². The smallest absolute Gasteiger partial charge is 0.140 e. The Balaban J connectivity index is -0.00000000474. The number of hydrogen-bond acceptors (Lipinski definition) is 11. The molecular weight excluding hydrogens is 1000 g/mol. The van der Waals surface area contributed by atoms with Gasteiger partial charge in [-0.2, -0.15) is 0 Å². The minimum absolute atomic E-state index is 0. The van der Waals surface area contributed by atoms with Crippen LogP contribution in [-0.4, -0.2) is 117 Å². The first-order chi connectivity index (χ1) is 14.3. The van der Waals surface area contributed by atoms with E-state index in [1.807, 2.05) is 6.92 Å². The van der Waals surface area contributed by atoms with Crippen LogP contribution in [0, 0.1) is 0 Å². The third-order valence-corrected chi connectivity index (χ3v) is 2.64. The van der Waals surface area contributed by atoms with Gasteiger partial charge in [0.05, 0.1) is 31.5 Å². The van der Waals surface area contributed by atoms with Gasteiger partial charge in [0.1, 0.15) is 13.6 Å². The molecular formula is C39H128O11Y4. The first-order valence-corrected chi connectivity index (χ1v) is 10.1. The Morgan fingerprint density at radius 2 is 0.611 bits per heavy atom. The number of aliphatic hydroxyl groups is 9. The molecule has 2 aliphatic heterocycles. The fourth-order valence-corrected chi connectivity index (χ4v) is 1.04. The molecule has 0 aliphatic carbocycles. The fraction of sp³-hybridized carbons (Fsp3) is 1.00. The maximum absolute atomic E-state index is 8.70. The van der Waals surface area contributed by atoms with Gasteiger partial charge in [0.25, 0.3) is 0 Å². The first kappa shape index (κ1) is 224. The zero-order valence-electron chi connectivity index (χ0n) is 21.4. The zero-order chi connectivity index (χ0) is 24.6. The molecule has 2 fully saturated rings. The second kappa shape index (κ2) is 245. The number of rotatable bonds is 6. The van der Waals surface area contributed by atoms with E-state index in [4.69, 9.17) is 55.4 Å². The van der Waals surface area contributed by atoms with Crippen LogP contribution in [0.15, 0.2) is 0 Å². The zero-order valence-corrected chi connectivity index (χ0v) is 32.7. The number of ether oxygens (including phenoxy) is 2. The summed E-state index contributed by atoms with van der Waals surface area (Å²) in [5, 5.41) is 68.7. The van der Waals surface area contributed by atoms with Gasteiger partial charge >= 0.3 is 0 Å². The summed E-state index contributed by atoms with van der Waals surface area (Å²) in [6.07, 6.45) is 3.99. The molecule has 11 nitrogen and oxygen atoms in total. The number of hydrogen-bond donors (Lipinski definition) is 9. The summed E-state index contributed by atoms with van der Waals surface area (Å²) < 4.78 is 9.65. The van der Waals surface area contributed by atoms with Crippen molar-refractivity contribution in [3.8, 4) is 0 Å². The Morgan fingerprint density at radius 1 is 0.426 bits per heavy atom. The normalized spacial score (nSPS) is 9.72. The standard InChI is InChI=1S/C5H12O2.C4H8O2.C4H8O.2C2H6O.2CH4O2.20CH4.4Y/c1-2-5(7)3-4-6;5-2-1-4-3-6-4;1-2-4-3-5-4;2*1-2-3;2*2-1-3;;;;;;;;;;;;;;;;;;;;;;;;/h5-7H,2-4H2,1H3;4-5H,1-3H2;4H,2-3H2,1H3;2*3H,2H2,1H3;2*2-3H,1H2;20*1H4;;;;. The minimum atomic E-state index is -0.750. The molecule has 3 unspecified atom stereocenters. The molecule has 0 aromatic carbocycles.